The molecule has 0 amide bonds. The molecular weight excluding hydrogens is 296 g/mol. The molecule has 0 aliphatic heterocycles. The molecule has 2 aromatic rings. The van der Waals surface area contributed by atoms with Crippen LogP contribution in [0.4, 0.5) is 5.82 Å². The first-order valence-electron chi connectivity index (χ1n) is 8.02. The van der Waals surface area contributed by atoms with Gasteiger partial charge in [-0.1, -0.05) is 12.8 Å². The molecule has 1 aliphatic rings. The maximum atomic E-state index is 9.16. The lowest BCUT2D eigenvalue weighted by molar-refractivity contribution is 0.270. The maximum absolute atomic E-state index is 9.16. The van der Waals surface area contributed by atoms with Crippen molar-refractivity contribution in [3.8, 4) is 0 Å². The lowest BCUT2D eigenvalue weighted by Gasteiger charge is -2.09. The molecule has 0 spiro atoms. The zero-order valence-corrected chi connectivity index (χ0v) is 14.1. The van der Waals surface area contributed by atoms with Gasteiger partial charge < -0.3 is 10.4 Å². The summed E-state index contributed by atoms with van der Waals surface area (Å²) in [6.07, 6.45) is 7.28. The fourth-order valence-electron chi connectivity index (χ4n) is 3.09. The molecule has 2 aromatic heterocycles. The van der Waals surface area contributed by atoms with Gasteiger partial charge in [0, 0.05) is 22.6 Å². The topological polar surface area (TPSA) is 63.0 Å². The van der Waals surface area contributed by atoms with Crippen LogP contribution >= 0.6 is 11.3 Å². The van der Waals surface area contributed by atoms with Crippen LogP contribution in [0.15, 0.2) is 6.20 Å². The summed E-state index contributed by atoms with van der Waals surface area (Å²) in [5.74, 6) is 1.69. The third kappa shape index (κ3) is 3.17. The summed E-state index contributed by atoms with van der Waals surface area (Å²) in [5, 5.41) is 18.4. The zero-order valence-electron chi connectivity index (χ0n) is 13.3. The van der Waals surface area contributed by atoms with Crippen LogP contribution in [0.1, 0.15) is 52.7 Å². The minimum Gasteiger partial charge on any atom is -0.394 e. The Labute approximate surface area is 135 Å². The highest BCUT2D eigenvalue weighted by molar-refractivity contribution is 7.11. The number of hydrogen-bond acceptors (Lipinski definition) is 5. The van der Waals surface area contributed by atoms with Gasteiger partial charge in [0.2, 0.25) is 0 Å². The molecule has 1 aliphatic carbocycles. The van der Waals surface area contributed by atoms with E-state index in [1.807, 2.05) is 29.1 Å². The number of aromatic nitrogens is 3. The summed E-state index contributed by atoms with van der Waals surface area (Å²) in [4.78, 5) is 5.87. The van der Waals surface area contributed by atoms with Gasteiger partial charge in [-0.3, -0.25) is 0 Å². The Hall–Kier alpha value is -1.40. The van der Waals surface area contributed by atoms with E-state index in [0.29, 0.717) is 12.5 Å². The molecule has 0 saturated heterocycles. The van der Waals surface area contributed by atoms with Crippen molar-refractivity contribution in [2.45, 2.75) is 58.5 Å². The van der Waals surface area contributed by atoms with Crippen LogP contribution in [0.25, 0.3) is 0 Å². The van der Waals surface area contributed by atoms with Crippen molar-refractivity contribution in [2.75, 3.05) is 11.9 Å². The summed E-state index contributed by atoms with van der Waals surface area (Å²) >= 11 is 1.83. The van der Waals surface area contributed by atoms with Crippen molar-refractivity contribution in [2.24, 2.45) is 0 Å². The minimum atomic E-state index is 0.0988. The smallest absolute Gasteiger partial charge is 0.127 e. The lowest BCUT2D eigenvalue weighted by Crippen LogP contribution is -2.10. The molecule has 5 nitrogen and oxygen atoms in total. The molecule has 0 aromatic carbocycles. The second-order valence-electron chi connectivity index (χ2n) is 6.01. The van der Waals surface area contributed by atoms with Crippen molar-refractivity contribution in [1.82, 2.24) is 14.8 Å². The fourth-order valence-corrected chi connectivity index (χ4v) is 4.11. The molecule has 0 bridgehead atoms. The summed E-state index contributed by atoms with van der Waals surface area (Å²) in [7, 11) is 0. The van der Waals surface area contributed by atoms with E-state index < -0.39 is 0 Å². The van der Waals surface area contributed by atoms with Gasteiger partial charge in [0.25, 0.3) is 0 Å². The number of anilines is 1. The van der Waals surface area contributed by atoms with Crippen LogP contribution in [-0.2, 0) is 13.1 Å². The van der Waals surface area contributed by atoms with Crippen molar-refractivity contribution in [1.29, 1.82) is 0 Å². The Morgan fingerprint density at radius 1 is 1.36 bits per heavy atom. The van der Waals surface area contributed by atoms with Crippen molar-refractivity contribution >= 4 is 17.2 Å². The highest BCUT2D eigenvalue weighted by atomic mass is 32.1. The molecule has 22 heavy (non-hydrogen) atoms. The first-order chi connectivity index (χ1) is 10.7. The van der Waals surface area contributed by atoms with Crippen LogP contribution in [0.2, 0.25) is 0 Å². The third-order valence-electron chi connectivity index (χ3n) is 4.44. The monoisotopic (exact) mass is 320 g/mol. The van der Waals surface area contributed by atoms with Gasteiger partial charge >= 0.3 is 0 Å². The molecular formula is C16H24N4OS. The average molecular weight is 320 g/mol. The van der Waals surface area contributed by atoms with Crippen LogP contribution < -0.4 is 5.32 Å². The van der Waals surface area contributed by atoms with E-state index in [4.69, 9.17) is 5.11 Å². The predicted octanol–water partition coefficient (Wildman–Crippen LogP) is 3.22. The average Bonchev–Trinajstić information content (AvgIpc) is 3.21. The summed E-state index contributed by atoms with van der Waals surface area (Å²) < 4.78 is 1.85. The van der Waals surface area contributed by atoms with Gasteiger partial charge in [-0.15, -0.1) is 11.3 Å². The Bertz CT molecular complexity index is 628. The molecule has 1 fully saturated rings. The Morgan fingerprint density at radius 2 is 2.14 bits per heavy atom. The van der Waals surface area contributed by atoms with E-state index in [0.717, 1.165) is 23.6 Å². The van der Waals surface area contributed by atoms with E-state index in [2.05, 4.69) is 22.3 Å². The molecule has 0 atom stereocenters. The SMILES string of the molecule is Cc1nn(CCO)c(NCc2cnc(C3CCCC3)s2)c1C. The molecule has 1 saturated carbocycles. The van der Waals surface area contributed by atoms with Crippen molar-refractivity contribution < 1.29 is 5.11 Å². The number of aliphatic hydroxyl groups excluding tert-OH is 1. The number of rotatable bonds is 6. The van der Waals surface area contributed by atoms with E-state index in [9.17, 15) is 0 Å². The molecule has 120 valence electrons. The molecule has 6 heteroatoms. The molecule has 0 radical (unpaired) electrons. The third-order valence-corrected chi connectivity index (χ3v) is 5.60. The summed E-state index contributed by atoms with van der Waals surface area (Å²) in [6, 6.07) is 0. The van der Waals surface area contributed by atoms with E-state index in [1.165, 1.54) is 35.6 Å². The number of aryl methyl sites for hydroxylation is 1. The van der Waals surface area contributed by atoms with Gasteiger partial charge in [-0.2, -0.15) is 5.10 Å². The minimum absolute atomic E-state index is 0.0988. The number of hydrogen-bond donors (Lipinski definition) is 2. The van der Waals surface area contributed by atoms with Crippen molar-refractivity contribution in [3.05, 3.63) is 27.3 Å². The van der Waals surface area contributed by atoms with Crippen LogP contribution in [0.3, 0.4) is 0 Å². The Kier molecular flexibility index (Phi) is 4.78. The standard InChI is InChI=1S/C16H24N4OS/c1-11-12(2)19-20(7-8-21)15(11)17-9-14-10-18-16(22-14)13-5-3-4-6-13/h10,13,17,21H,3-9H2,1-2H3. The number of aliphatic hydroxyl groups is 1. The molecule has 2 N–H and O–H groups in total. The Balaban J connectivity index is 1.67. The summed E-state index contributed by atoms with van der Waals surface area (Å²) in [6.45, 7) is 5.45. The maximum Gasteiger partial charge on any atom is 0.127 e. The van der Waals surface area contributed by atoms with E-state index >= 15 is 0 Å². The van der Waals surface area contributed by atoms with Crippen LogP contribution in [-0.4, -0.2) is 26.5 Å². The number of nitrogens with zero attached hydrogens (tertiary/aromatic N) is 3. The normalized spacial score (nSPS) is 15.6. The second kappa shape index (κ2) is 6.79. The van der Waals surface area contributed by atoms with Gasteiger partial charge in [0.05, 0.1) is 30.4 Å². The quantitative estimate of drug-likeness (QED) is 0.858. The second-order valence-corrected chi connectivity index (χ2v) is 7.15. The highest BCUT2D eigenvalue weighted by Crippen LogP contribution is 2.36. The number of thiazole rings is 1. The van der Waals surface area contributed by atoms with Gasteiger partial charge in [-0.05, 0) is 26.7 Å². The van der Waals surface area contributed by atoms with E-state index in [-0.39, 0.29) is 6.61 Å². The lowest BCUT2D eigenvalue weighted by atomic mass is 10.1. The Morgan fingerprint density at radius 3 is 2.86 bits per heavy atom. The molecule has 0 unspecified atom stereocenters. The predicted molar refractivity (Wildman–Crippen MR) is 89.4 cm³/mol. The van der Waals surface area contributed by atoms with Gasteiger partial charge in [0.15, 0.2) is 0 Å². The van der Waals surface area contributed by atoms with E-state index in [1.54, 1.807) is 0 Å². The molecule has 2 heterocycles. The van der Waals surface area contributed by atoms with Crippen LogP contribution in [0, 0.1) is 13.8 Å². The fraction of sp³-hybridized carbons (Fsp3) is 0.625. The summed E-state index contributed by atoms with van der Waals surface area (Å²) in [5.41, 5.74) is 2.15. The number of nitrogens with one attached hydrogen (secondary N) is 1. The zero-order chi connectivity index (χ0) is 15.5. The largest absolute Gasteiger partial charge is 0.394 e. The molecule has 3 rings (SSSR count). The first-order valence-corrected chi connectivity index (χ1v) is 8.84. The van der Waals surface area contributed by atoms with Crippen molar-refractivity contribution in [3.63, 3.8) is 0 Å². The van der Waals surface area contributed by atoms with Crippen LogP contribution in [0.5, 0.6) is 0 Å². The first kappa shape index (κ1) is 15.5. The van der Waals surface area contributed by atoms with Gasteiger partial charge in [-0.25, -0.2) is 9.67 Å². The highest BCUT2D eigenvalue weighted by Gasteiger charge is 2.20. The van der Waals surface area contributed by atoms with Gasteiger partial charge in [0.1, 0.15) is 5.82 Å².